The van der Waals surface area contributed by atoms with Crippen molar-refractivity contribution in [3.63, 3.8) is 0 Å². The fraction of sp³-hybridized carbons (Fsp3) is 0.294. The van der Waals surface area contributed by atoms with Crippen LogP contribution in [0.15, 0.2) is 35.2 Å². The summed E-state index contributed by atoms with van der Waals surface area (Å²) in [5, 5.41) is 2.34. The topological polar surface area (TPSA) is 38.5 Å². The molecule has 0 radical (unpaired) electrons. The number of benzene rings is 2. The highest BCUT2D eigenvalue weighted by molar-refractivity contribution is 7.98. The Balaban J connectivity index is 2.30. The Bertz CT molecular complexity index is 674. The Hall–Kier alpha value is -1.36. The third-order valence-corrected chi connectivity index (χ3v) is 4.77. The molecule has 0 amide bonds. The lowest BCUT2D eigenvalue weighted by Crippen LogP contribution is -2.26. The number of ether oxygens (including phenoxy) is 1. The molecule has 0 atom stereocenters. The molecule has 0 aliphatic heterocycles. The molecule has 2 aromatic carbocycles. The average Bonchev–Trinajstić information content (AvgIpc) is 2.49. The molecule has 2 N–H and O–H groups in total. The molecule has 5 heteroatoms. The minimum absolute atomic E-state index is 0.452. The number of nitrogens with zero attached hydrogens (tertiary/aromatic N) is 1. The van der Waals surface area contributed by atoms with Gasteiger partial charge in [0.2, 0.25) is 0 Å². The van der Waals surface area contributed by atoms with E-state index in [2.05, 4.69) is 6.07 Å². The van der Waals surface area contributed by atoms with Crippen LogP contribution in [0.1, 0.15) is 16.7 Å². The molecule has 22 heavy (non-hydrogen) atoms. The third kappa shape index (κ3) is 3.69. The second kappa shape index (κ2) is 7.27. The van der Waals surface area contributed by atoms with Crippen LogP contribution in [0.5, 0.6) is 5.75 Å². The van der Waals surface area contributed by atoms with Crippen molar-refractivity contribution in [1.29, 1.82) is 0 Å². The fourth-order valence-electron chi connectivity index (χ4n) is 2.33. The number of nitrogens with two attached hydrogens (primary N) is 1. The first-order valence-electron chi connectivity index (χ1n) is 6.98. The van der Waals surface area contributed by atoms with Gasteiger partial charge in [-0.2, -0.15) is 0 Å². The van der Waals surface area contributed by atoms with Crippen molar-refractivity contribution in [2.45, 2.75) is 25.3 Å². The number of thioether (sulfide) groups is 1. The Morgan fingerprint density at radius 2 is 1.95 bits per heavy atom. The van der Waals surface area contributed by atoms with Crippen molar-refractivity contribution in [2.24, 2.45) is 5.84 Å². The first-order valence-corrected chi connectivity index (χ1v) is 8.58. The molecule has 0 spiro atoms. The van der Waals surface area contributed by atoms with Crippen LogP contribution in [0.3, 0.4) is 0 Å². The van der Waals surface area contributed by atoms with Gasteiger partial charge in [-0.1, -0.05) is 23.7 Å². The number of hydrogen-bond donors (Lipinski definition) is 1. The lowest BCUT2D eigenvalue weighted by atomic mass is 10.1. The van der Waals surface area contributed by atoms with Crippen molar-refractivity contribution in [2.75, 3.05) is 18.3 Å². The highest BCUT2D eigenvalue weighted by Crippen LogP contribution is 2.31. The molecular weight excluding hydrogens is 316 g/mol. The molecule has 0 fully saturated rings. The first-order chi connectivity index (χ1) is 10.4. The second-order valence-corrected chi connectivity index (χ2v) is 6.48. The van der Waals surface area contributed by atoms with Crippen LogP contribution < -0.4 is 15.6 Å². The van der Waals surface area contributed by atoms with Crippen LogP contribution in [0, 0.1) is 13.8 Å². The van der Waals surface area contributed by atoms with Gasteiger partial charge in [-0.05, 0) is 49.4 Å². The van der Waals surface area contributed by atoms with E-state index in [4.69, 9.17) is 22.2 Å². The van der Waals surface area contributed by atoms with Gasteiger partial charge < -0.3 is 9.75 Å². The minimum Gasteiger partial charge on any atom is -0.488 e. The molecule has 0 unspecified atom stereocenters. The molecule has 0 saturated heterocycles. The fourth-order valence-corrected chi connectivity index (χ4v) is 3.11. The van der Waals surface area contributed by atoms with Crippen molar-refractivity contribution in [1.82, 2.24) is 0 Å². The number of aryl methyl sites for hydroxylation is 2. The summed E-state index contributed by atoms with van der Waals surface area (Å²) in [5.74, 6) is 6.73. The van der Waals surface area contributed by atoms with E-state index in [1.54, 1.807) is 16.8 Å². The van der Waals surface area contributed by atoms with Gasteiger partial charge in [-0.25, -0.2) is 5.84 Å². The van der Waals surface area contributed by atoms with Gasteiger partial charge >= 0.3 is 0 Å². The molecule has 118 valence electrons. The maximum atomic E-state index is 6.20. The van der Waals surface area contributed by atoms with Crippen LogP contribution in [0.4, 0.5) is 5.69 Å². The van der Waals surface area contributed by atoms with Gasteiger partial charge in [0.1, 0.15) is 12.4 Å². The molecule has 0 aliphatic rings. The first kappa shape index (κ1) is 17.0. The SMILES string of the molecule is CSc1cccc(N(C)N)c1COc1cc(Cl)c(C)cc1C. The van der Waals surface area contributed by atoms with Crippen molar-refractivity contribution >= 4 is 29.1 Å². The lowest BCUT2D eigenvalue weighted by Gasteiger charge is -2.20. The summed E-state index contributed by atoms with van der Waals surface area (Å²) in [7, 11) is 1.83. The third-order valence-electron chi connectivity index (χ3n) is 3.54. The molecule has 0 aromatic heterocycles. The summed E-state index contributed by atoms with van der Waals surface area (Å²) < 4.78 is 6.01. The monoisotopic (exact) mass is 336 g/mol. The summed E-state index contributed by atoms with van der Waals surface area (Å²) in [4.78, 5) is 1.16. The number of rotatable bonds is 5. The zero-order valence-electron chi connectivity index (χ0n) is 13.3. The maximum Gasteiger partial charge on any atom is 0.124 e. The number of hydrazine groups is 1. The van der Waals surface area contributed by atoms with Crippen LogP contribution in [0.25, 0.3) is 0 Å². The van der Waals surface area contributed by atoms with Crippen molar-refractivity contribution < 1.29 is 4.74 Å². The van der Waals surface area contributed by atoms with E-state index in [0.717, 1.165) is 38.0 Å². The van der Waals surface area contributed by atoms with Gasteiger partial charge in [0.25, 0.3) is 0 Å². The largest absolute Gasteiger partial charge is 0.488 e. The van der Waals surface area contributed by atoms with E-state index < -0.39 is 0 Å². The molecule has 0 bridgehead atoms. The molecule has 2 rings (SSSR count). The van der Waals surface area contributed by atoms with E-state index in [1.165, 1.54) is 0 Å². The normalized spacial score (nSPS) is 10.6. The standard InChI is InChI=1S/C17H21ClN2OS/c1-11-8-12(2)16(9-14(11)18)21-10-13-15(20(3)19)6-5-7-17(13)22-4/h5-9H,10,19H2,1-4H3. The smallest absolute Gasteiger partial charge is 0.124 e. The molecule has 0 aliphatic carbocycles. The summed E-state index contributed by atoms with van der Waals surface area (Å²) in [6.07, 6.45) is 2.05. The van der Waals surface area contributed by atoms with Crippen LogP contribution in [0.2, 0.25) is 5.02 Å². The summed E-state index contributed by atoms with van der Waals surface area (Å²) >= 11 is 7.88. The summed E-state index contributed by atoms with van der Waals surface area (Å²) in [6, 6.07) is 9.98. The van der Waals surface area contributed by atoms with Crippen LogP contribution in [-0.4, -0.2) is 13.3 Å². The number of hydrogen-bond acceptors (Lipinski definition) is 4. The Morgan fingerprint density at radius 1 is 1.23 bits per heavy atom. The maximum absolute atomic E-state index is 6.20. The van der Waals surface area contributed by atoms with Gasteiger partial charge in [-0.15, -0.1) is 11.8 Å². The predicted octanol–water partition coefficient (Wildman–Crippen LogP) is 4.57. The van der Waals surface area contributed by atoms with E-state index >= 15 is 0 Å². The second-order valence-electron chi connectivity index (χ2n) is 5.22. The zero-order chi connectivity index (χ0) is 16.3. The molecular formula is C17H21ClN2OS. The van der Waals surface area contributed by atoms with Crippen molar-refractivity contribution in [3.8, 4) is 5.75 Å². The Morgan fingerprint density at radius 3 is 2.59 bits per heavy atom. The Kier molecular flexibility index (Phi) is 5.62. The molecule has 3 nitrogen and oxygen atoms in total. The molecule has 2 aromatic rings. The quantitative estimate of drug-likeness (QED) is 0.493. The summed E-state index contributed by atoms with van der Waals surface area (Å²) in [5.41, 5.74) is 4.17. The zero-order valence-corrected chi connectivity index (χ0v) is 14.9. The van der Waals surface area contributed by atoms with Gasteiger partial charge in [0.15, 0.2) is 0 Å². The summed E-state index contributed by atoms with van der Waals surface area (Å²) in [6.45, 7) is 4.47. The van der Waals surface area contributed by atoms with Crippen molar-refractivity contribution in [3.05, 3.63) is 52.0 Å². The highest BCUT2D eigenvalue weighted by Gasteiger charge is 2.12. The van der Waals surface area contributed by atoms with Gasteiger partial charge in [0.05, 0.1) is 5.69 Å². The predicted molar refractivity (Wildman–Crippen MR) is 96.1 cm³/mol. The number of anilines is 1. The van der Waals surface area contributed by atoms with E-state index in [1.807, 2.05) is 51.4 Å². The number of halogens is 1. The van der Waals surface area contributed by atoms with E-state index in [0.29, 0.717) is 6.61 Å². The van der Waals surface area contributed by atoms with E-state index in [-0.39, 0.29) is 0 Å². The average molecular weight is 337 g/mol. The minimum atomic E-state index is 0.452. The molecule has 0 saturated carbocycles. The van der Waals surface area contributed by atoms with Crippen LogP contribution >= 0.6 is 23.4 Å². The van der Waals surface area contributed by atoms with E-state index in [9.17, 15) is 0 Å². The lowest BCUT2D eigenvalue weighted by molar-refractivity contribution is 0.301. The Labute approximate surface area is 141 Å². The van der Waals surface area contributed by atoms with Crippen LogP contribution in [-0.2, 0) is 6.61 Å². The highest BCUT2D eigenvalue weighted by atomic mass is 35.5. The van der Waals surface area contributed by atoms with Gasteiger partial charge in [0, 0.05) is 22.5 Å². The molecule has 0 heterocycles. The van der Waals surface area contributed by atoms with Gasteiger partial charge in [-0.3, -0.25) is 0 Å².